The van der Waals surface area contributed by atoms with Crippen molar-refractivity contribution in [3.8, 4) is 11.4 Å². The number of nitrogens with zero attached hydrogens (tertiary/aromatic N) is 4. The molecule has 0 radical (unpaired) electrons. The molecular formula is C24H15F3N4O4. The number of carboxylic acid groups (broad SMARTS) is 1. The van der Waals surface area contributed by atoms with Crippen molar-refractivity contribution in [3.63, 3.8) is 0 Å². The number of hydrogen-bond donors (Lipinski definition) is 1. The summed E-state index contributed by atoms with van der Waals surface area (Å²) < 4.78 is 48.8. The van der Waals surface area contributed by atoms with Crippen LogP contribution in [0.2, 0.25) is 0 Å². The average Bonchev–Trinajstić information content (AvgIpc) is 3.41. The van der Waals surface area contributed by atoms with Crippen molar-refractivity contribution in [1.82, 2.24) is 19.3 Å². The Labute approximate surface area is 194 Å². The van der Waals surface area contributed by atoms with Gasteiger partial charge in [0.05, 0.1) is 31.7 Å². The van der Waals surface area contributed by atoms with Gasteiger partial charge < -0.3 is 14.4 Å². The van der Waals surface area contributed by atoms with Crippen molar-refractivity contribution in [1.29, 1.82) is 0 Å². The Morgan fingerprint density at radius 2 is 1.83 bits per heavy atom. The second-order valence-electron chi connectivity index (χ2n) is 7.70. The molecule has 2 aromatic carbocycles. The quantitative estimate of drug-likeness (QED) is 0.414. The minimum atomic E-state index is -4.98. The number of rotatable bonds is 5. The fourth-order valence-electron chi connectivity index (χ4n) is 4.22. The monoisotopic (exact) mass is 480 g/mol. The number of aromatic nitrogens is 4. The molecule has 1 N–H and O–H groups in total. The molecule has 3 aromatic heterocycles. The molecule has 0 atom stereocenters. The second-order valence-corrected chi connectivity index (χ2v) is 7.70. The smallest absolute Gasteiger partial charge is 0.434 e. The fourth-order valence-corrected chi connectivity index (χ4v) is 4.22. The predicted molar refractivity (Wildman–Crippen MR) is 118 cm³/mol. The summed E-state index contributed by atoms with van der Waals surface area (Å²) in [6, 6.07) is 12.0. The Bertz CT molecular complexity index is 1680. The topological polar surface area (TPSA) is 99.2 Å². The van der Waals surface area contributed by atoms with Crippen LogP contribution in [0.15, 0.2) is 54.9 Å². The van der Waals surface area contributed by atoms with Crippen molar-refractivity contribution in [2.45, 2.75) is 12.7 Å². The summed E-state index contributed by atoms with van der Waals surface area (Å²) in [5.74, 6) is 0.837. The fraction of sp³-hybridized carbons (Fsp3) is 0.125. The lowest BCUT2D eigenvalue weighted by molar-refractivity contribution is -0.143. The number of carboxylic acids is 1. The molecule has 0 fully saturated rings. The summed E-state index contributed by atoms with van der Waals surface area (Å²) in [5.41, 5.74) is -1.26. The SMILES string of the molecule is COc1ccc(Cn2c(=C=O)c3cccc4c(-n5ncc(C(=O)O)c5C(F)(F)F)cnc2c43)cc1. The number of carbonyl (C=O) groups is 1. The van der Waals surface area contributed by atoms with Crippen LogP contribution in [0.1, 0.15) is 21.6 Å². The average molecular weight is 480 g/mol. The van der Waals surface area contributed by atoms with Gasteiger partial charge in [0, 0.05) is 16.2 Å². The van der Waals surface area contributed by atoms with Crippen LogP contribution in [-0.2, 0) is 17.5 Å². The molecule has 0 aliphatic heterocycles. The lowest BCUT2D eigenvalue weighted by Crippen LogP contribution is -2.19. The van der Waals surface area contributed by atoms with Crippen LogP contribution in [0.4, 0.5) is 13.2 Å². The van der Waals surface area contributed by atoms with E-state index >= 15 is 0 Å². The van der Waals surface area contributed by atoms with Crippen LogP contribution in [0.25, 0.3) is 27.5 Å². The number of hydrogen-bond acceptors (Lipinski definition) is 5. The van der Waals surface area contributed by atoms with Gasteiger partial charge in [-0.3, -0.25) is 0 Å². The van der Waals surface area contributed by atoms with Gasteiger partial charge in [0.2, 0.25) is 0 Å². The third kappa shape index (κ3) is 3.49. The lowest BCUT2D eigenvalue weighted by atomic mass is 10.1. The summed E-state index contributed by atoms with van der Waals surface area (Å²) >= 11 is 0. The first-order chi connectivity index (χ1) is 16.7. The highest BCUT2D eigenvalue weighted by Crippen LogP contribution is 2.36. The summed E-state index contributed by atoms with van der Waals surface area (Å²) in [6.45, 7) is 0.253. The number of carbonyl (C=O) groups excluding carboxylic acids is 1. The van der Waals surface area contributed by atoms with Crippen LogP contribution in [0.3, 0.4) is 0 Å². The molecule has 5 rings (SSSR count). The predicted octanol–water partition coefficient (Wildman–Crippen LogP) is 3.37. The van der Waals surface area contributed by atoms with E-state index in [0.717, 1.165) is 5.56 Å². The summed E-state index contributed by atoms with van der Waals surface area (Å²) in [6.07, 6.45) is -3.15. The number of pyridine rings is 1. The molecular weight excluding hydrogens is 465 g/mol. The summed E-state index contributed by atoms with van der Waals surface area (Å²) in [5, 5.41) is 14.4. The molecule has 35 heavy (non-hydrogen) atoms. The minimum absolute atomic E-state index is 0.0676. The maximum absolute atomic E-state index is 13.8. The van der Waals surface area contributed by atoms with Gasteiger partial charge in [-0.25, -0.2) is 19.3 Å². The third-order valence-corrected chi connectivity index (χ3v) is 5.75. The zero-order chi connectivity index (χ0) is 24.9. The minimum Gasteiger partial charge on any atom is -0.497 e. The molecule has 3 heterocycles. The molecule has 176 valence electrons. The largest absolute Gasteiger partial charge is 0.497 e. The van der Waals surface area contributed by atoms with E-state index in [0.29, 0.717) is 38.4 Å². The molecule has 0 unspecified atom stereocenters. The zero-order valence-electron chi connectivity index (χ0n) is 18.0. The summed E-state index contributed by atoms with van der Waals surface area (Å²) in [4.78, 5) is 27.7. The van der Waals surface area contributed by atoms with Gasteiger partial charge in [0.15, 0.2) is 11.6 Å². The Morgan fingerprint density at radius 1 is 1.11 bits per heavy atom. The molecule has 11 heteroatoms. The van der Waals surface area contributed by atoms with E-state index in [-0.39, 0.29) is 17.6 Å². The van der Waals surface area contributed by atoms with Crippen molar-refractivity contribution in [3.05, 3.63) is 77.0 Å². The zero-order valence-corrected chi connectivity index (χ0v) is 18.0. The maximum atomic E-state index is 13.8. The number of benzene rings is 2. The highest BCUT2D eigenvalue weighted by atomic mass is 19.4. The van der Waals surface area contributed by atoms with Gasteiger partial charge in [-0.1, -0.05) is 30.3 Å². The van der Waals surface area contributed by atoms with E-state index in [1.54, 1.807) is 42.0 Å². The Kier molecular flexibility index (Phi) is 5.07. The van der Waals surface area contributed by atoms with Gasteiger partial charge >= 0.3 is 12.1 Å². The Balaban J connectivity index is 1.77. The first kappa shape index (κ1) is 22.2. The maximum Gasteiger partial charge on any atom is 0.434 e. The van der Waals surface area contributed by atoms with E-state index in [2.05, 4.69) is 10.1 Å². The molecule has 0 amide bonds. The van der Waals surface area contributed by atoms with Gasteiger partial charge in [0.1, 0.15) is 22.3 Å². The number of halogens is 3. The van der Waals surface area contributed by atoms with Crippen LogP contribution < -0.4 is 10.1 Å². The number of methoxy groups -OCH3 is 1. The van der Waals surface area contributed by atoms with Crippen molar-refractivity contribution >= 4 is 33.7 Å². The molecule has 0 bridgehead atoms. The van der Waals surface area contributed by atoms with Crippen molar-refractivity contribution < 1.29 is 32.6 Å². The molecule has 0 saturated heterocycles. The molecule has 0 aliphatic rings. The summed E-state index contributed by atoms with van der Waals surface area (Å²) in [7, 11) is 1.55. The van der Waals surface area contributed by atoms with E-state index < -0.39 is 23.4 Å². The Hall–Kier alpha value is -4.63. The molecule has 0 saturated carbocycles. The highest BCUT2D eigenvalue weighted by molar-refractivity contribution is 6.12. The van der Waals surface area contributed by atoms with Gasteiger partial charge in [-0.05, 0) is 17.7 Å². The normalized spacial score (nSPS) is 11.8. The first-order valence-corrected chi connectivity index (χ1v) is 10.2. The van der Waals surface area contributed by atoms with Gasteiger partial charge in [0.25, 0.3) is 0 Å². The van der Waals surface area contributed by atoms with Gasteiger partial charge in [-0.2, -0.15) is 18.3 Å². The van der Waals surface area contributed by atoms with Crippen LogP contribution >= 0.6 is 0 Å². The molecule has 0 spiro atoms. The lowest BCUT2D eigenvalue weighted by Gasteiger charge is -2.13. The molecule has 8 nitrogen and oxygen atoms in total. The van der Waals surface area contributed by atoms with Crippen molar-refractivity contribution in [2.75, 3.05) is 7.11 Å². The standard InChI is InChI=1S/C24H15F3N4O4/c1-35-14-7-5-13(6-8-14)11-30-19(12-32)16-4-2-3-15-18(10-28-22(30)20(15)16)31-21(24(25,26)27)17(9-29-31)23(33)34/h2-10H,11H2,1H3,(H,33,34). The Morgan fingerprint density at radius 3 is 2.46 bits per heavy atom. The van der Waals surface area contributed by atoms with Crippen molar-refractivity contribution in [2.24, 2.45) is 0 Å². The number of aromatic carboxylic acids is 1. The highest BCUT2D eigenvalue weighted by Gasteiger charge is 2.41. The first-order valence-electron chi connectivity index (χ1n) is 10.2. The van der Waals surface area contributed by atoms with E-state index in [9.17, 15) is 27.9 Å². The van der Waals surface area contributed by atoms with Gasteiger partial charge in [-0.15, -0.1) is 0 Å². The van der Waals surface area contributed by atoms with E-state index in [1.807, 2.05) is 18.1 Å². The second kappa shape index (κ2) is 8.00. The van der Waals surface area contributed by atoms with E-state index in [4.69, 9.17) is 4.74 Å². The molecule has 0 aliphatic carbocycles. The third-order valence-electron chi connectivity index (χ3n) is 5.75. The van der Waals surface area contributed by atoms with Crippen LogP contribution in [0, 0.1) is 0 Å². The molecule has 5 aromatic rings. The number of ether oxygens (including phenoxy) is 1. The number of alkyl halides is 3. The van der Waals surface area contributed by atoms with Crippen LogP contribution in [-0.4, -0.2) is 43.5 Å². The van der Waals surface area contributed by atoms with E-state index in [1.165, 1.54) is 6.20 Å². The van der Waals surface area contributed by atoms with Crippen LogP contribution in [0.5, 0.6) is 5.75 Å².